The second kappa shape index (κ2) is 17.4. The van der Waals surface area contributed by atoms with Gasteiger partial charge in [0, 0.05) is 54.9 Å². The quantitative estimate of drug-likeness (QED) is 0.193. The number of halogens is 2. The highest BCUT2D eigenvalue weighted by molar-refractivity contribution is 6.00. The Morgan fingerprint density at radius 3 is 2.31 bits per heavy atom. The van der Waals surface area contributed by atoms with Crippen molar-refractivity contribution < 1.29 is 23.5 Å². The molecule has 3 rings (SSSR count). The van der Waals surface area contributed by atoms with E-state index in [1.807, 2.05) is 58.9 Å². The number of carbonyl (C=O) groups is 2. The monoisotopic (exact) mass is 617 g/mol. The largest absolute Gasteiger partial charge is 0.390 e. The van der Waals surface area contributed by atoms with E-state index in [0.29, 0.717) is 42.7 Å². The fourth-order valence-electron chi connectivity index (χ4n) is 5.11. The van der Waals surface area contributed by atoms with Gasteiger partial charge in [-0.05, 0) is 85.3 Å². The van der Waals surface area contributed by atoms with Crippen LogP contribution >= 0.6 is 0 Å². The lowest BCUT2D eigenvalue weighted by Gasteiger charge is -2.35. The lowest BCUT2D eigenvalue weighted by molar-refractivity contribution is 0.0353. The van der Waals surface area contributed by atoms with Crippen molar-refractivity contribution in [2.45, 2.75) is 72.6 Å². The van der Waals surface area contributed by atoms with Crippen molar-refractivity contribution in [2.24, 2.45) is 5.92 Å². The van der Waals surface area contributed by atoms with Crippen molar-refractivity contribution in [3.05, 3.63) is 106 Å². The number of aliphatic hydroxyl groups is 1. The SMILES string of the molecule is CCCNC(=O)c1cc(C)cc(C(=O)N(CCC)[C@@H](Cc2cc(F)cc(F)c2)[C@H](O)CNCc2cccc(C#CC(C)C)c2)c1. The maximum Gasteiger partial charge on any atom is 0.254 e. The van der Waals surface area contributed by atoms with Gasteiger partial charge in [-0.1, -0.05) is 51.7 Å². The molecule has 6 nitrogen and oxygen atoms in total. The molecule has 0 aliphatic rings. The fraction of sp³-hybridized carbons (Fsp3) is 0.405. The predicted octanol–water partition coefficient (Wildman–Crippen LogP) is 6.03. The lowest BCUT2D eigenvalue weighted by atomic mass is 9.97. The van der Waals surface area contributed by atoms with E-state index in [-0.39, 0.29) is 30.7 Å². The molecule has 2 atom stereocenters. The summed E-state index contributed by atoms with van der Waals surface area (Å²) in [6.45, 7) is 11.1. The summed E-state index contributed by atoms with van der Waals surface area (Å²) in [4.78, 5) is 28.4. The molecule has 2 amide bonds. The van der Waals surface area contributed by atoms with Crippen molar-refractivity contribution in [3.8, 4) is 11.8 Å². The number of hydrogen-bond donors (Lipinski definition) is 3. The molecule has 45 heavy (non-hydrogen) atoms. The van der Waals surface area contributed by atoms with Gasteiger partial charge in [0.25, 0.3) is 11.8 Å². The molecule has 240 valence electrons. The number of amides is 2. The molecule has 8 heteroatoms. The number of aliphatic hydroxyl groups excluding tert-OH is 1. The first-order valence-electron chi connectivity index (χ1n) is 15.7. The summed E-state index contributed by atoms with van der Waals surface area (Å²) in [5.74, 6) is 4.47. The Morgan fingerprint density at radius 1 is 0.933 bits per heavy atom. The van der Waals surface area contributed by atoms with Gasteiger partial charge in [0.05, 0.1) is 12.1 Å². The van der Waals surface area contributed by atoms with E-state index in [1.165, 1.54) is 12.1 Å². The van der Waals surface area contributed by atoms with Crippen molar-refractivity contribution >= 4 is 11.8 Å². The minimum Gasteiger partial charge on any atom is -0.390 e. The van der Waals surface area contributed by atoms with Crippen LogP contribution in [0.4, 0.5) is 8.78 Å². The van der Waals surface area contributed by atoms with Crippen LogP contribution < -0.4 is 10.6 Å². The van der Waals surface area contributed by atoms with Crippen molar-refractivity contribution in [1.82, 2.24) is 15.5 Å². The molecule has 0 fully saturated rings. The minimum absolute atomic E-state index is 0.0270. The Balaban J connectivity index is 1.90. The van der Waals surface area contributed by atoms with Crippen LogP contribution in [0, 0.1) is 36.3 Å². The Kier molecular flexibility index (Phi) is 13.7. The zero-order chi connectivity index (χ0) is 32.9. The second-order valence-corrected chi connectivity index (χ2v) is 11.7. The average Bonchev–Trinajstić information content (AvgIpc) is 2.99. The first kappa shape index (κ1) is 35.4. The standard InChI is InChI=1S/C37H45F2N3O3/c1-6-13-41-36(44)30-15-26(5)16-31(21-30)37(45)42(14-7-2)34(20-29-18-32(38)22-33(39)19-29)35(43)24-40-23-28-10-8-9-27(17-28)12-11-25(3)4/h8-10,15-19,21-22,25,34-35,40,43H,6-7,13-14,20,23-24H2,1-5H3,(H,41,44)/t34-,35+/m0/s1. The Hall–Kier alpha value is -4.06. The van der Waals surface area contributed by atoms with E-state index in [2.05, 4.69) is 22.5 Å². The minimum atomic E-state index is -1.08. The van der Waals surface area contributed by atoms with Crippen LogP contribution in [0.1, 0.15) is 83.5 Å². The van der Waals surface area contributed by atoms with Gasteiger partial charge in [0.2, 0.25) is 0 Å². The van der Waals surface area contributed by atoms with Gasteiger partial charge < -0.3 is 20.6 Å². The van der Waals surface area contributed by atoms with Crippen LogP contribution in [0.5, 0.6) is 0 Å². The van der Waals surface area contributed by atoms with Crippen LogP contribution in [-0.2, 0) is 13.0 Å². The van der Waals surface area contributed by atoms with Gasteiger partial charge in [-0.25, -0.2) is 8.78 Å². The van der Waals surface area contributed by atoms with E-state index in [4.69, 9.17) is 0 Å². The molecule has 3 aromatic rings. The highest BCUT2D eigenvalue weighted by Gasteiger charge is 2.31. The number of rotatable bonds is 14. The summed E-state index contributed by atoms with van der Waals surface area (Å²) in [5.41, 5.74) is 3.62. The zero-order valence-corrected chi connectivity index (χ0v) is 26.9. The normalized spacial score (nSPS) is 12.3. The van der Waals surface area contributed by atoms with E-state index < -0.39 is 23.8 Å². The number of hydrogen-bond acceptors (Lipinski definition) is 4. The summed E-state index contributed by atoms with van der Waals surface area (Å²) >= 11 is 0. The molecule has 0 aliphatic carbocycles. The van der Waals surface area contributed by atoms with Gasteiger partial charge >= 0.3 is 0 Å². The number of nitrogens with zero attached hydrogens (tertiary/aromatic N) is 1. The predicted molar refractivity (Wildman–Crippen MR) is 175 cm³/mol. The lowest BCUT2D eigenvalue weighted by Crippen LogP contribution is -2.51. The van der Waals surface area contributed by atoms with Gasteiger partial charge in [0.1, 0.15) is 11.6 Å². The van der Waals surface area contributed by atoms with Gasteiger partial charge in [-0.2, -0.15) is 0 Å². The summed E-state index contributed by atoms with van der Waals surface area (Å²) < 4.78 is 28.4. The molecule has 0 bridgehead atoms. The van der Waals surface area contributed by atoms with Gasteiger partial charge in [-0.3, -0.25) is 9.59 Å². The van der Waals surface area contributed by atoms with Crippen LogP contribution in [0.15, 0.2) is 60.7 Å². The number of aryl methyl sites for hydroxylation is 1. The first-order chi connectivity index (χ1) is 21.5. The smallest absolute Gasteiger partial charge is 0.254 e. The third-order valence-corrected chi connectivity index (χ3v) is 7.17. The topological polar surface area (TPSA) is 81.7 Å². The molecule has 0 saturated carbocycles. The number of benzene rings is 3. The highest BCUT2D eigenvalue weighted by atomic mass is 19.1. The molecule has 0 aromatic heterocycles. The summed E-state index contributed by atoms with van der Waals surface area (Å²) in [6.07, 6.45) is 0.311. The number of carbonyl (C=O) groups excluding carboxylic acids is 2. The molecular weight excluding hydrogens is 572 g/mol. The Labute approximate surface area is 266 Å². The summed E-state index contributed by atoms with van der Waals surface area (Å²) in [5, 5.41) is 17.7. The molecule has 3 N–H and O–H groups in total. The molecule has 0 radical (unpaired) electrons. The third-order valence-electron chi connectivity index (χ3n) is 7.17. The van der Waals surface area contributed by atoms with E-state index >= 15 is 0 Å². The summed E-state index contributed by atoms with van der Waals surface area (Å²) in [7, 11) is 0. The molecule has 0 saturated heterocycles. The van der Waals surface area contributed by atoms with E-state index in [1.54, 1.807) is 23.1 Å². The Bertz CT molecular complexity index is 1490. The summed E-state index contributed by atoms with van der Waals surface area (Å²) in [6, 6.07) is 15.2. The van der Waals surface area contributed by atoms with Crippen molar-refractivity contribution in [2.75, 3.05) is 19.6 Å². The molecular formula is C37H45F2N3O3. The average molecular weight is 618 g/mol. The molecule has 0 heterocycles. The molecule has 0 unspecified atom stereocenters. The van der Waals surface area contributed by atoms with E-state index in [9.17, 15) is 23.5 Å². The maximum absolute atomic E-state index is 14.2. The molecule has 0 spiro atoms. The van der Waals surface area contributed by atoms with Crippen molar-refractivity contribution in [3.63, 3.8) is 0 Å². The first-order valence-corrected chi connectivity index (χ1v) is 15.7. The maximum atomic E-state index is 14.2. The van der Waals surface area contributed by atoms with Gasteiger partial charge in [0.15, 0.2) is 0 Å². The molecule has 0 aliphatic heterocycles. The highest BCUT2D eigenvalue weighted by Crippen LogP contribution is 2.21. The van der Waals surface area contributed by atoms with Crippen molar-refractivity contribution in [1.29, 1.82) is 0 Å². The van der Waals surface area contributed by atoms with Crippen LogP contribution in [0.25, 0.3) is 0 Å². The van der Waals surface area contributed by atoms with Gasteiger partial charge in [-0.15, -0.1) is 0 Å². The van der Waals surface area contributed by atoms with E-state index in [0.717, 1.165) is 29.2 Å². The fourth-order valence-corrected chi connectivity index (χ4v) is 5.11. The zero-order valence-electron chi connectivity index (χ0n) is 26.9. The second-order valence-electron chi connectivity index (χ2n) is 11.7. The molecule has 3 aromatic carbocycles. The third kappa shape index (κ3) is 11.1. The van der Waals surface area contributed by atoms with Crippen LogP contribution in [0.2, 0.25) is 0 Å². The van der Waals surface area contributed by atoms with Crippen LogP contribution in [-0.4, -0.2) is 53.6 Å². The Morgan fingerprint density at radius 2 is 1.64 bits per heavy atom. The number of nitrogens with one attached hydrogen (secondary N) is 2. The van der Waals surface area contributed by atoms with Crippen LogP contribution in [0.3, 0.4) is 0 Å².